The molecule has 5 nitrogen and oxygen atoms in total. The predicted molar refractivity (Wildman–Crippen MR) is 108 cm³/mol. The first-order chi connectivity index (χ1) is 11.1. The van der Waals surface area contributed by atoms with Crippen LogP contribution >= 0.6 is 24.8 Å². The second-order valence-electron chi connectivity index (χ2n) is 6.73. The van der Waals surface area contributed by atoms with Gasteiger partial charge < -0.3 is 15.1 Å². The van der Waals surface area contributed by atoms with Gasteiger partial charge in [0.15, 0.2) is 0 Å². The standard InChI is InChI=1S/C18H28N4O.2ClH/c1-15-4-3-5-17(12-15)20-8-10-21(11-9-20)18(23)14-22-7-6-19-13-16(22)2;;/h3-5,12,16,19H,6-11,13-14H2,1-2H3;2*1H/t16-;;/m1../s1. The van der Waals surface area contributed by atoms with Crippen LogP contribution in [-0.4, -0.2) is 74.1 Å². The molecule has 0 aliphatic carbocycles. The molecule has 25 heavy (non-hydrogen) atoms. The lowest BCUT2D eigenvalue weighted by Crippen LogP contribution is -2.55. The highest BCUT2D eigenvalue weighted by Gasteiger charge is 2.25. The number of carbonyl (C=O) groups excluding carboxylic acids is 1. The van der Waals surface area contributed by atoms with Gasteiger partial charge in [0.05, 0.1) is 6.54 Å². The number of amides is 1. The van der Waals surface area contributed by atoms with Gasteiger partial charge >= 0.3 is 0 Å². The van der Waals surface area contributed by atoms with Crippen molar-refractivity contribution in [3.8, 4) is 0 Å². The van der Waals surface area contributed by atoms with E-state index in [2.05, 4.69) is 53.2 Å². The summed E-state index contributed by atoms with van der Waals surface area (Å²) < 4.78 is 0. The van der Waals surface area contributed by atoms with E-state index in [4.69, 9.17) is 0 Å². The Balaban J connectivity index is 0.00000156. The van der Waals surface area contributed by atoms with Gasteiger partial charge in [0.2, 0.25) is 5.91 Å². The lowest BCUT2D eigenvalue weighted by Gasteiger charge is -2.39. The van der Waals surface area contributed by atoms with E-state index in [0.29, 0.717) is 12.6 Å². The van der Waals surface area contributed by atoms with Gasteiger partial charge in [-0.25, -0.2) is 0 Å². The Hall–Kier alpha value is -1.01. The van der Waals surface area contributed by atoms with Crippen molar-refractivity contribution in [3.05, 3.63) is 29.8 Å². The maximum absolute atomic E-state index is 12.6. The molecule has 2 aliphatic rings. The lowest BCUT2D eigenvalue weighted by molar-refractivity contribution is -0.133. The van der Waals surface area contributed by atoms with Gasteiger partial charge in [-0.2, -0.15) is 0 Å². The molecule has 0 saturated carbocycles. The Bertz CT molecular complexity index is 550. The topological polar surface area (TPSA) is 38.8 Å². The summed E-state index contributed by atoms with van der Waals surface area (Å²) >= 11 is 0. The number of piperazine rings is 2. The highest BCUT2D eigenvalue weighted by molar-refractivity contribution is 5.85. The normalized spacial score (nSPS) is 21.3. The van der Waals surface area contributed by atoms with Crippen LogP contribution < -0.4 is 10.2 Å². The number of anilines is 1. The molecule has 2 aliphatic heterocycles. The Labute approximate surface area is 163 Å². The average molecular weight is 389 g/mol. The van der Waals surface area contributed by atoms with Crippen LogP contribution in [0.1, 0.15) is 12.5 Å². The van der Waals surface area contributed by atoms with Crippen LogP contribution in [0.2, 0.25) is 0 Å². The van der Waals surface area contributed by atoms with E-state index in [1.807, 2.05) is 4.90 Å². The molecule has 1 aromatic carbocycles. The number of halogens is 2. The molecule has 7 heteroatoms. The largest absolute Gasteiger partial charge is 0.368 e. The fourth-order valence-electron chi connectivity index (χ4n) is 3.43. The summed E-state index contributed by atoms with van der Waals surface area (Å²) in [5.41, 5.74) is 2.56. The third kappa shape index (κ3) is 5.74. The minimum Gasteiger partial charge on any atom is -0.368 e. The number of benzene rings is 1. The van der Waals surface area contributed by atoms with Crippen LogP contribution in [0.25, 0.3) is 0 Å². The lowest BCUT2D eigenvalue weighted by atomic mass is 10.2. The van der Waals surface area contributed by atoms with E-state index in [0.717, 1.165) is 45.8 Å². The van der Waals surface area contributed by atoms with Gasteiger partial charge in [-0.3, -0.25) is 9.69 Å². The van der Waals surface area contributed by atoms with Crippen molar-refractivity contribution in [2.24, 2.45) is 0 Å². The van der Waals surface area contributed by atoms with E-state index in [1.54, 1.807) is 0 Å². The van der Waals surface area contributed by atoms with E-state index in [9.17, 15) is 4.79 Å². The van der Waals surface area contributed by atoms with Crippen LogP contribution in [0.4, 0.5) is 5.69 Å². The highest BCUT2D eigenvalue weighted by Crippen LogP contribution is 2.18. The Morgan fingerprint density at radius 3 is 2.52 bits per heavy atom. The molecule has 142 valence electrons. The van der Waals surface area contributed by atoms with E-state index < -0.39 is 0 Å². The minimum absolute atomic E-state index is 0. The Kier molecular flexibility index (Phi) is 9.00. The summed E-state index contributed by atoms with van der Waals surface area (Å²) in [6.07, 6.45) is 0. The third-order valence-electron chi connectivity index (χ3n) is 4.98. The first-order valence-electron chi connectivity index (χ1n) is 8.67. The fraction of sp³-hybridized carbons (Fsp3) is 0.611. The van der Waals surface area contributed by atoms with Crippen LogP contribution in [0.5, 0.6) is 0 Å². The van der Waals surface area contributed by atoms with Crippen molar-refractivity contribution in [1.82, 2.24) is 15.1 Å². The van der Waals surface area contributed by atoms with Crippen molar-refractivity contribution >= 4 is 36.4 Å². The molecule has 2 fully saturated rings. The first-order valence-corrected chi connectivity index (χ1v) is 8.67. The number of aryl methyl sites for hydroxylation is 1. The number of nitrogens with zero attached hydrogens (tertiary/aromatic N) is 3. The number of rotatable bonds is 3. The van der Waals surface area contributed by atoms with E-state index >= 15 is 0 Å². The predicted octanol–water partition coefficient (Wildman–Crippen LogP) is 1.78. The molecule has 0 aromatic heterocycles. The molecule has 0 radical (unpaired) electrons. The zero-order valence-electron chi connectivity index (χ0n) is 15.1. The summed E-state index contributed by atoms with van der Waals surface area (Å²) in [6, 6.07) is 9.06. The van der Waals surface area contributed by atoms with Crippen molar-refractivity contribution in [2.45, 2.75) is 19.9 Å². The van der Waals surface area contributed by atoms with Crippen LogP contribution in [0, 0.1) is 6.92 Å². The summed E-state index contributed by atoms with van der Waals surface area (Å²) in [6.45, 7) is 11.3. The van der Waals surface area contributed by atoms with Gasteiger partial charge in [0.1, 0.15) is 0 Å². The molecule has 0 bridgehead atoms. The third-order valence-corrected chi connectivity index (χ3v) is 4.98. The van der Waals surface area contributed by atoms with Gasteiger partial charge in [0.25, 0.3) is 0 Å². The molecule has 1 amide bonds. The van der Waals surface area contributed by atoms with Crippen molar-refractivity contribution in [2.75, 3.05) is 57.3 Å². The van der Waals surface area contributed by atoms with Crippen LogP contribution in [0.15, 0.2) is 24.3 Å². The van der Waals surface area contributed by atoms with Crippen LogP contribution in [-0.2, 0) is 4.79 Å². The summed E-state index contributed by atoms with van der Waals surface area (Å²) in [5, 5.41) is 3.37. The number of hydrogen-bond donors (Lipinski definition) is 1. The maximum Gasteiger partial charge on any atom is 0.236 e. The molecular weight excluding hydrogens is 359 g/mol. The highest BCUT2D eigenvalue weighted by atomic mass is 35.5. The number of nitrogens with one attached hydrogen (secondary N) is 1. The summed E-state index contributed by atoms with van der Waals surface area (Å²) in [5.74, 6) is 0.280. The smallest absolute Gasteiger partial charge is 0.236 e. The van der Waals surface area contributed by atoms with Crippen molar-refractivity contribution in [3.63, 3.8) is 0 Å². The molecule has 2 heterocycles. The van der Waals surface area contributed by atoms with Crippen molar-refractivity contribution < 1.29 is 4.79 Å². The monoisotopic (exact) mass is 388 g/mol. The molecule has 2 saturated heterocycles. The Morgan fingerprint density at radius 2 is 1.88 bits per heavy atom. The quantitative estimate of drug-likeness (QED) is 0.856. The average Bonchev–Trinajstić information content (AvgIpc) is 2.57. The number of hydrogen-bond acceptors (Lipinski definition) is 4. The second-order valence-corrected chi connectivity index (χ2v) is 6.73. The Morgan fingerprint density at radius 1 is 1.16 bits per heavy atom. The molecule has 0 unspecified atom stereocenters. The van der Waals surface area contributed by atoms with Crippen molar-refractivity contribution in [1.29, 1.82) is 0 Å². The molecule has 0 spiro atoms. The van der Waals surface area contributed by atoms with E-state index in [-0.39, 0.29) is 30.7 Å². The molecule has 1 N–H and O–H groups in total. The van der Waals surface area contributed by atoms with Gasteiger partial charge in [0, 0.05) is 57.5 Å². The zero-order chi connectivity index (χ0) is 16.2. The molecule has 1 aromatic rings. The zero-order valence-corrected chi connectivity index (χ0v) is 16.7. The summed E-state index contributed by atoms with van der Waals surface area (Å²) in [7, 11) is 0. The molecule has 3 rings (SSSR count). The van der Waals surface area contributed by atoms with E-state index in [1.165, 1.54) is 11.3 Å². The summed E-state index contributed by atoms with van der Waals surface area (Å²) in [4.78, 5) is 19.3. The first kappa shape index (κ1) is 22.0. The van der Waals surface area contributed by atoms with Gasteiger partial charge in [-0.1, -0.05) is 12.1 Å². The van der Waals surface area contributed by atoms with Crippen LogP contribution in [0.3, 0.4) is 0 Å². The second kappa shape index (κ2) is 10.2. The number of carbonyl (C=O) groups is 1. The SMILES string of the molecule is Cc1cccc(N2CCN(C(=O)CN3CCNC[C@H]3C)CC2)c1.Cl.Cl. The minimum atomic E-state index is 0. The fourth-order valence-corrected chi connectivity index (χ4v) is 3.43. The maximum atomic E-state index is 12.6. The van der Waals surface area contributed by atoms with Gasteiger partial charge in [-0.05, 0) is 31.5 Å². The molecular formula is C18H30Cl2N4O. The molecule has 1 atom stereocenters. The van der Waals surface area contributed by atoms with Gasteiger partial charge in [-0.15, -0.1) is 24.8 Å².